The highest BCUT2D eigenvalue weighted by Gasteiger charge is 2.10. The van der Waals surface area contributed by atoms with Crippen LogP contribution in [0.2, 0.25) is 0 Å². The van der Waals surface area contributed by atoms with E-state index in [0.717, 1.165) is 36.5 Å². The van der Waals surface area contributed by atoms with Crippen LogP contribution in [0.3, 0.4) is 0 Å². The van der Waals surface area contributed by atoms with Crippen molar-refractivity contribution in [1.29, 1.82) is 0 Å². The Balaban J connectivity index is 3.46. The normalized spacial score (nSPS) is 12.4. The molecule has 0 aromatic carbocycles. The zero-order chi connectivity index (χ0) is 14.5. The minimum Gasteiger partial charge on any atom is -0.380 e. The summed E-state index contributed by atoms with van der Waals surface area (Å²) in [5, 5.41) is 0. The van der Waals surface area contributed by atoms with Gasteiger partial charge < -0.3 is 9.53 Å². The predicted molar refractivity (Wildman–Crippen MR) is 88.6 cm³/mol. The largest absolute Gasteiger partial charge is 0.380 e. The van der Waals surface area contributed by atoms with Crippen molar-refractivity contribution < 1.29 is 14.3 Å². The van der Waals surface area contributed by atoms with Gasteiger partial charge in [0.05, 0.1) is 6.10 Å². The standard InChI is InChI=1S/C13H24O3S3/c1-11(14)7-5-4-6-8-18-13(15)19-10-12(16-2)9-17-3/h12H,4-10H2,1-3H3. The van der Waals surface area contributed by atoms with Crippen LogP contribution in [0, 0.1) is 0 Å². The van der Waals surface area contributed by atoms with Gasteiger partial charge in [-0.25, -0.2) is 0 Å². The van der Waals surface area contributed by atoms with Crippen LogP contribution < -0.4 is 0 Å². The number of carbonyl (C=O) groups excluding carboxylic acids is 2. The van der Waals surface area contributed by atoms with Gasteiger partial charge in [0, 0.05) is 30.8 Å². The van der Waals surface area contributed by atoms with E-state index in [4.69, 9.17) is 4.74 Å². The number of rotatable bonds is 11. The molecule has 3 nitrogen and oxygen atoms in total. The van der Waals surface area contributed by atoms with Crippen molar-refractivity contribution in [2.45, 2.75) is 38.7 Å². The zero-order valence-electron chi connectivity index (χ0n) is 12.0. The number of hydrogen-bond donors (Lipinski definition) is 0. The van der Waals surface area contributed by atoms with Crippen molar-refractivity contribution in [2.24, 2.45) is 0 Å². The Morgan fingerprint density at radius 1 is 1.11 bits per heavy atom. The van der Waals surface area contributed by atoms with Gasteiger partial charge in [-0.2, -0.15) is 11.8 Å². The number of carbonyl (C=O) groups is 2. The molecule has 1 atom stereocenters. The first-order valence-corrected chi connectivity index (χ1v) is 9.77. The second-order valence-electron chi connectivity index (χ2n) is 4.24. The molecule has 0 bridgehead atoms. The average molecular weight is 325 g/mol. The molecule has 0 N–H and O–H groups in total. The van der Waals surface area contributed by atoms with Crippen molar-refractivity contribution in [3.05, 3.63) is 0 Å². The number of thioether (sulfide) groups is 3. The Kier molecular flexibility index (Phi) is 13.6. The number of ketones is 1. The Morgan fingerprint density at radius 3 is 2.42 bits per heavy atom. The monoisotopic (exact) mass is 324 g/mol. The lowest BCUT2D eigenvalue weighted by atomic mass is 10.2. The Morgan fingerprint density at radius 2 is 1.84 bits per heavy atom. The number of ether oxygens (including phenoxy) is 1. The number of unbranched alkanes of at least 4 members (excludes halogenated alkanes) is 2. The maximum atomic E-state index is 11.6. The SMILES string of the molecule is COC(CSC)CSC(=O)SCCCCCC(C)=O. The Labute approximate surface area is 129 Å². The van der Waals surface area contributed by atoms with E-state index in [-0.39, 0.29) is 16.3 Å². The van der Waals surface area contributed by atoms with Gasteiger partial charge in [0.15, 0.2) is 0 Å². The van der Waals surface area contributed by atoms with Gasteiger partial charge in [-0.05, 0) is 26.0 Å². The molecule has 0 rings (SSSR count). The van der Waals surface area contributed by atoms with Crippen LogP contribution in [0.1, 0.15) is 32.6 Å². The molecular formula is C13H24O3S3. The van der Waals surface area contributed by atoms with E-state index in [0.29, 0.717) is 6.42 Å². The summed E-state index contributed by atoms with van der Waals surface area (Å²) in [7, 11) is 1.69. The summed E-state index contributed by atoms with van der Waals surface area (Å²) in [6.07, 6.45) is 5.82. The quantitative estimate of drug-likeness (QED) is 0.533. The van der Waals surface area contributed by atoms with Crippen LogP contribution in [0.25, 0.3) is 0 Å². The molecule has 6 heteroatoms. The molecule has 0 aromatic heterocycles. The smallest absolute Gasteiger partial charge is 0.246 e. The van der Waals surface area contributed by atoms with E-state index in [1.54, 1.807) is 25.8 Å². The third kappa shape index (κ3) is 13.1. The molecule has 0 amide bonds. The average Bonchev–Trinajstić information content (AvgIpc) is 2.38. The van der Waals surface area contributed by atoms with E-state index >= 15 is 0 Å². The number of Topliss-reactive ketones (excluding diaryl/α,β-unsaturated/α-hetero) is 1. The summed E-state index contributed by atoms with van der Waals surface area (Å²) < 4.78 is 5.46. The number of hydrogen-bond acceptors (Lipinski definition) is 6. The first-order chi connectivity index (χ1) is 9.10. The van der Waals surface area contributed by atoms with E-state index in [2.05, 4.69) is 0 Å². The summed E-state index contributed by atoms with van der Waals surface area (Å²) in [6.45, 7) is 1.62. The molecule has 0 aliphatic carbocycles. The molecule has 0 aliphatic heterocycles. The van der Waals surface area contributed by atoms with E-state index in [9.17, 15) is 9.59 Å². The van der Waals surface area contributed by atoms with Gasteiger partial charge in [-0.1, -0.05) is 29.9 Å². The van der Waals surface area contributed by atoms with Crippen LogP contribution >= 0.6 is 35.3 Å². The van der Waals surface area contributed by atoms with E-state index in [1.165, 1.54) is 23.5 Å². The summed E-state index contributed by atoms with van der Waals surface area (Å²) >= 11 is 4.46. The molecule has 0 fully saturated rings. The van der Waals surface area contributed by atoms with Crippen molar-refractivity contribution in [1.82, 2.24) is 0 Å². The fourth-order valence-electron chi connectivity index (χ4n) is 1.38. The first-order valence-electron chi connectivity index (χ1n) is 6.40. The van der Waals surface area contributed by atoms with Crippen LogP contribution in [0.15, 0.2) is 0 Å². The Bertz CT molecular complexity index is 260. The van der Waals surface area contributed by atoms with E-state index < -0.39 is 0 Å². The van der Waals surface area contributed by atoms with Crippen LogP contribution in [-0.4, -0.2) is 47.0 Å². The highest BCUT2D eigenvalue weighted by Crippen LogP contribution is 2.20. The summed E-state index contributed by atoms with van der Waals surface area (Å²) in [4.78, 5) is 22.4. The molecule has 0 radical (unpaired) electrons. The molecule has 112 valence electrons. The van der Waals surface area contributed by atoms with Gasteiger partial charge >= 0.3 is 0 Å². The first kappa shape index (κ1) is 19.4. The minimum atomic E-state index is 0.153. The second-order valence-corrected chi connectivity index (χ2v) is 7.46. The zero-order valence-corrected chi connectivity index (χ0v) is 14.4. The van der Waals surface area contributed by atoms with Crippen LogP contribution in [0.4, 0.5) is 4.79 Å². The van der Waals surface area contributed by atoms with Crippen LogP contribution in [0.5, 0.6) is 0 Å². The molecule has 0 heterocycles. The van der Waals surface area contributed by atoms with Crippen molar-refractivity contribution in [3.8, 4) is 0 Å². The van der Waals surface area contributed by atoms with Crippen molar-refractivity contribution in [3.63, 3.8) is 0 Å². The maximum Gasteiger partial charge on any atom is 0.246 e. The molecule has 1 unspecified atom stereocenters. The summed E-state index contributed by atoms with van der Waals surface area (Å²) in [5.41, 5.74) is 0. The van der Waals surface area contributed by atoms with Gasteiger partial charge in [0.2, 0.25) is 4.45 Å². The van der Waals surface area contributed by atoms with Gasteiger partial charge in [0.25, 0.3) is 0 Å². The molecule has 0 saturated heterocycles. The van der Waals surface area contributed by atoms with Gasteiger partial charge in [-0.3, -0.25) is 4.79 Å². The molecule has 0 spiro atoms. The third-order valence-corrected chi connectivity index (χ3v) is 5.38. The fraction of sp³-hybridized carbons (Fsp3) is 0.846. The van der Waals surface area contributed by atoms with Crippen molar-refractivity contribution >= 4 is 45.5 Å². The molecular weight excluding hydrogens is 300 g/mol. The number of methoxy groups -OCH3 is 1. The molecule has 19 heavy (non-hydrogen) atoms. The molecule has 0 aromatic rings. The minimum absolute atomic E-state index is 0.153. The third-order valence-electron chi connectivity index (χ3n) is 2.47. The predicted octanol–water partition coefficient (Wildman–Crippen LogP) is 4.10. The van der Waals surface area contributed by atoms with E-state index in [1.807, 2.05) is 6.26 Å². The van der Waals surface area contributed by atoms with Gasteiger partial charge in [0.1, 0.15) is 5.78 Å². The lowest BCUT2D eigenvalue weighted by Gasteiger charge is -2.12. The highest BCUT2D eigenvalue weighted by molar-refractivity contribution is 8.38. The lowest BCUT2D eigenvalue weighted by molar-refractivity contribution is -0.117. The summed E-state index contributed by atoms with van der Waals surface area (Å²) in [5.74, 6) is 2.75. The fourth-order valence-corrected chi connectivity index (χ4v) is 4.03. The summed E-state index contributed by atoms with van der Waals surface area (Å²) in [6, 6.07) is 0. The lowest BCUT2D eigenvalue weighted by Crippen LogP contribution is -2.17. The maximum absolute atomic E-state index is 11.6. The van der Waals surface area contributed by atoms with Crippen molar-refractivity contribution in [2.75, 3.05) is 30.6 Å². The second kappa shape index (κ2) is 13.3. The van der Waals surface area contributed by atoms with Crippen LogP contribution in [-0.2, 0) is 9.53 Å². The molecule has 0 aliphatic rings. The van der Waals surface area contributed by atoms with Gasteiger partial charge in [-0.15, -0.1) is 0 Å². The highest BCUT2D eigenvalue weighted by atomic mass is 32.2. The Hall–Kier alpha value is 0.350. The topological polar surface area (TPSA) is 43.4 Å². The molecule has 0 saturated carbocycles.